The third-order valence-corrected chi connectivity index (χ3v) is 11.5. The Morgan fingerprint density at radius 3 is 2.82 bits per heavy atom. The van der Waals surface area contributed by atoms with Crippen molar-refractivity contribution < 1.29 is 9.90 Å². The third kappa shape index (κ3) is 2.40. The van der Waals surface area contributed by atoms with E-state index in [2.05, 4.69) is 27.2 Å². The molecule has 4 bridgehead atoms. The number of carbonyl (C=O) groups excluding carboxylic acids is 1. The van der Waals surface area contributed by atoms with Gasteiger partial charge in [-0.1, -0.05) is 6.07 Å². The zero-order chi connectivity index (χ0) is 21.9. The van der Waals surface area contributed by atoms with Gasteiger partial charge in [0.1, 0.15) is 5.75 Å². The van der Waals surface area contributed by atoms with E-state index in [-0.39, 0.29) is 11.4 Å². The molecule has 1 aromatic carbocycles. The van der Waals surface area contributed by atoms with Crippen LogP contribution in [-0.4, -0.2) is 58.7 Å². The maximum Gasteiger partial charge on any atom is 0.317 e. The Bertz CT molecular complexity index is 1020. The second-order valence-corrected chi connectivity index (χ2v) is 12.7. The molecular formula is C28H37N3O2. The van der Waals surface area contributed by atoms with Crippen molar-refractivity contribution in [3.8, 4) is 5.75 Å². The van der Waals surface area contributed by atoms with E-state index >= 15 is 0 Å². The lowest BCUT2D eigenvalue weighted by atomic mass is 9.43. The first-order chi connectivity index (χ1) is 16.1. The standard InChI is InChI=1S/C28H37N3O2/c32-21-7-6-18-12-24-27-9-8-23-25(19(14-27)16-31(23)26(33)29-20-2-1-3-20)28(27,22(18)13-21)10-11-30(24)15-17-4-5-17/h6-7,13,17,19-20,23-25,32H,1-5,8-12,14-16H2,(H,29,33)/t19-,23?,24?,25?,27?,28?/m1/s1. The van der Waals surface area contributed by atoms with Gasteiger partial charge in [-0.05, 0) is 117 Å². The number of amides is 2. The van der Waals surface area contributed by atoms with Crippen molar-refractivity contribution in [2.24, 2.45) is 23.2 Å². The molecule has 5 nitrogen and oxygen atoms in total. The molecule has 2 saturated heterocycles. The number of fused-ring (bicyclic) bond motifs is 1. The molecule has 5 unspecified atom stereocenters. The van der Waals surface area contributed by atoms with E-state index in [1.54, 1.807) is 0 Å². The number of urea groups is 1. The van der Waals surface area contributed by atoms with Crippen LogP contribution in [0.4, 0.5) is 4.79 Å². The molecule has 2 N–H and O–H groups in total. The van der Waals surface area contributed by atoms with Gasteiger partial charge in [-0.3, -0.25) is 4.90 Å². The van der Waals surface area contributed by atoms with Gasteiger partial charge in [-0.2, -0.15) is 0 Å². The summed E-state index contributed by atoms with van der Waals surface area (Å²) in [4.78, 5) is 18.5. The minimum atomic E-state index is 0.142. The maximum absolute atomic E-state index is 13.3. The number of phenolic OH excluding ortho intramolecular Hbond substituents is 1. The highest BCUT2D eigenvalue weighted by molar-refractivity contribution is 5.76. The lowest BCUT2D eigenvalue weighted by Crippen LogP contribution is -2.70. The van der Waals surface area contributed by atoms with Crippen molar-refractivity contribution in [2.75, 3.05) is 19.6 Å². The Labute approximate surface area is 196 Å². The van der Waals surface area contributed by atoms with Crippen LogP contribution in [0.25, 0.3) is 0 Å². The number of hydrogen-bond donors (Lipinski definition) is 2. The molecular weight excluding hydrogens is 410 g/mol. The predicted octanol–water partition coefficient (Wildman–Crippen LogP) is 4.03. The van der Waals surface area contributed by atoms with Crippen LogP contribution in [0.5, 0.6) is 5.75 Å². The summed E-state index contributed by atoms with van der Waals surface area (Å²) in [6.07, 6.45) is 12.5. The summed E-state index contributed by atoms with van der Waals surface area (Å²) in [5.41, 5.74) is 3.42. The number of carbonyl (C=O) groups is 1. The first-order valence-corrected chi connectivity index (χ1v) is 13.7. The zero-order valence-electron chi connectivity index (χ0n) is 19.6. The van der Waals surface area contributed by atoms with Crippen molar-refractivity contribution in [2.45, 2.75) is 87.7 Å². The Hall–Kier alpha value is -1.75. The van der Waals surface area contributed by atoms with Crippen LogP contribution >= 0.6 is 0 Å². The lowest BCUT2D eigenvalue weighted by Gasteiger charge is -2.66. The first-order valence-electron chi connectivity index (χ1n) is 13.7. The van der Waals surface area contributed by atoms with Gasteiger partial charge in [0.25, 0.3) is 0 Å². The van der Waals surface area contributed by atoms with Crippen LogP contribution in [0.2, 0.25) is 0 Å². The summed E-state index contributed by atoms with van der Waals surface area (Å²) in [5.74, 6) is 2.53. The van der Waals surface area contributed by atoms with Crippen molar-refractivity contribution >= 4 is 6.03 Å². The number of phenols is 1. The SMILES string of the molecule is O=C(NC1CCC1)N1C[C@H]2CC34CCC1C2C31CCN(CC2CC2)C4Cc2ccc(O)cc21. The highest BCUT2D eigenvalue weighted by Crippen LogP contribution is 2.75. The monoisotopic (exact) mass is 447 g/mol. The molecule has 2 amide bonds. The summed E-state index contributed by atoms with van der Waals surface area (Å²) in [5, 5.41) is 13.9. The molecule has 7 aliphatic rings. The van der Waals surface area contributed by atoms with E-state index in [1.165, 1.54) is 69.2 Å². The second kappa shape index (κ2) is 6.47. The Morgan fingerprint density at radius 2 is 2.03 bits per heavy atom. The molecule has 4 saturated carbocycles. The smallest absolute Gasteiger partial charge is 0.317 e. The van der Waals surface area contributed by atoms with Crippen LogP contribution in [0.3, 0.4) is 0 Å². The molecule has 2 heterocycles. The van der Waals surface area contributed by atoms with Gasteiger partial charge in [-0.25, -0.2) is 4.79 Å². The number of hydrogen-bond acceptors (Lipinski definition) is 3. The molecule has 5 heteroatoms. The summed E-state index contributed by atoms with van der Waals surface area (Å²) < 4.78 is 0. The molecule has 5 aliphatic carbocycles. The number of rotatable bonds is 3. The summed E-state index contributed by atoms with van der Waals surface area (Å²) in [6, 6.07) is 7.90. The molecule has 8 rings (SSSR count). The first kappa shape index (κ1) is 19.5. The van der Waals surface area contributed by atoms with Crippen molar-refractivity contribution in [1.82, 2.24) is 15.1 Å². The molecule has 33 heavy (non-hydrogen) atoms. The number of aromatic hydroxyl groups is 1. The van der Waals surface area contributed by atoms with E-state index in [0.717, 1.165) is 31.7 Å². The highest BCUT2D eigenvalue weighted by Gasteiger charge is 2.76. The topological polar surface area (TPSA) is 55.8 Å². The largest absolute Gasteiger partial charge is 0.508 e. The van der Waals surface area contributed by atoms with Crippen LogP contribution < -0.4 is 5.32 Å². The van der Waals surface area contributed by atoms with Crippen LogP contribution in [0.1, 0.15) is 68.9 Å². The van der Waals surface area contributed by atoms with Crippen LogP contribution in [0, 0.1) is 23.2 Å². The number of piperidine rings is 1. The van der Waals surface area contributed by atoms with E-state index in [1.807, 2.05) is 6.07 Å². The van der Waals surface area contributed by atoms with Crippen molar-refractivity contribution in [3.63, 3.8) is 0 Å². The van der Waals surface area contributed by atoms with E-state index < -0.39 is 0 Å². The molecule has 176 valence electrons. The Morgan fingerprint density at radius 1 is 1.15 bits per heavy atom. The van der Waals surface area contributed by atoms with Gasteiger partial charge in [0.05, 0.1) is 0 Å². The average Bonchev–Trinajstić information content (AvgIpc) is 3.46. The van der Waals surface area contributed by atoms with Gasteiger partial charge in [0.2, 0.25) is 0 Å². The van der Waals surface area contributed by atoms with E-state index in [4.69, 9.17) is 0 Å². The maximum atomic E-state index is 13.3. The second-order valence-electron chi connectivity index (χ2n) is 12.7. The Kier molecular flexibility index (Phi) is 3.83. The molecule has 0 radical (unpaired) electrons. The van der Waals surface area contributed by atoms with Crippen LogP contribution in [0.15, 0.2) is 18.2 Å². The number of likely N-dealkylation sites (tertiary alicyclic amines) is 2. The van der Waals surface area contributed by atoms with Crippen LogP contribution in [-0.2, 0) is 11.8 Å². The molecule has 0 aromatic heterocycles. The fourth-order valence-electron chi connectivity index (χ4n) is 9.99. The summed E-state index contributed by atoms with van der Waals surface area (Å²) in [6.45, 7) is 3.44. The van der Waals surface area contributed by atoms with E-state index in [0.29, 0.717) is 41.1 Å². The minimum Gasteiger partial charge on any atom is -0.508 e. The van der Waals surface area contributed by atoms with Gasteiger partial charge in [0.15, 0.2) is 0 Å². The normalized spacial score (nSPS) is 43.1. The number of nitrogens with zero attached hydrogens (tertiary/aromatic N) is 2. The lowest BCUT2D eigenvalue weighted by molar-refractivity contribution is -0.101. The number of benzene rings is 1. The molecule has 1 aromatic rings. The molecule has 2 aliphatic heterocycles. The molecule has 6 fully saturated rings. The fraction of sp³-hybridized carbons (Fsp3) is 0.750. The fourth-order valence-corrected chi connectivity index (χ4v) is 9.99. The molecule has 6 atom stereocenters. The third-order valence-electron chi connectivity index (χ3n) is 11.5. The van der Waals surface area contributed by atoms with Gasteiger partial charge in [0, 0.05) is 36.6 Å². The number of nitrogens with one attached hydrogen (secondary N) is 1. The van der Waals surface area contributed by atoms with Crippen molar-refractivity contribution in [1.29, 1.82) is 0 Å². The minimum absolute atomic E-state index is 0.142. The Balaban J connectivity index is 1.22. The van der Waals surface area contributed by atoms with Gasteiger partial charge in [-0.15, -0.1) is 0 Å². The van der Waals surface area contributed by atoms with Crippen molar-refractivity contribution in [3.05, 3.63) is 29.3 Å². The highest BCUT2D eigenvalue weighted by atomic mass is 16.3. The predicted molar refractivity (Wildman–Crippen MR) is 126 cm³/mol. The average molecular weight is 448 g/mol. The van der Waals surface area contributed by atoms with Gasteiger partial charge < -0.3 is 15.3 Å². The van der Waals surface area contributed by atoms with E-state index in [9.17, 15) is 9.90 Å². The summed E-state index contributed by atoms with van der Waals surface area (Å²) in [7, 11) is 0. The summed E-state index contributed by atoms with van der Waals surface area (Å²) >= 11 is 0. The quantitative estimate of drug-likeness (QED) is 0.736. The van der Waals surface area contributed by atoms with Gasteiger partial charge >= 0.3 is 6.03 Å². The zero-order valence-corrected chi connectivity index (χ0v) is 19.6. The molecule has 0 spiro atoms.